The second-order valence-corrected chi connectivity index (χ2v) is 7.63. The summed E-state index contributed by atoms with van der Waals surface area (Å²) in [6.45, 7) is 4.03. The number of hydrogen-bond acceptors (Lipinski definition) is 5. The minimum atomic E-state index is -0.797. The van der Waals surface area contributed by atoms with Gasteiger partial charge in [0.15, 0.2) is 4.34 Å². The van der Waals surface area contributed by atoms with Gasteiger partial charge in [-0.05, 0) is 25.5 Å². The van der Waals surface area contributed by atoms with Gasteiger partial charge < -0.3 is 5.11 Å². The Labute approximate surface area is 124 Å². The number of aliphatic carboxylic acids is 1. The van der Waals surface area contributed by atoms with Gasteiger partial charge in [0.05, 0.1) is 12.1 Å². The SMILES string of the molecule is CCc1ccc(CSc2nc(C)c(CC(=O)O)s2)s1. The standard InChI is InChI=1S/C13H15NO2S3/c1-3-9-4-5-10(18-9)7-17-13-14-8(2)11(19-13)6-12(15)16/h4-5H,3,6-7H2,1-2H3,(H,15,16). The first kappa shape index (κ1) is 14.6. The molecule has 0 aliphatic rings. The molecule has 1 N–H and O–H groups in total. The first-order valence-electron chi connectivity index (χ1n) is 5.97. The number of carbonyl (C=O) groups is 1. The monoisotopic (exact) mass is 313 g/mol. The Morgan fingerprint density at radius 3 is 2.74 bits per heavy atom. The number of carboxylic acids is 1. The van der Waals surface area contributed by atoms with E-state index in [4.69, 9.17) is 5.11 Å². The lowest BCUT2D eigenvalue weighted by atomic mass is 10.3. The van der Waals surface area contributed by atoms with Gasteiger partial charge in [-0.25, -0.2) is 4.98 Å². The fourth-order valence-corrected chi connectivity index (χ4v) is 4.81. The van der Waals surface area contributed by atoms with Crippen LogP contribution in [-0.4, -0.2) is 16.1 Å². The molecule has 2 aromatic heterocycles. The van der Waals surface area contributed by atoms with Gasteiger partial charge in [0.1, 0.15) is 0 Å². The van der Waals surface area contributed by atoms with Gasteiger partial charge in [-0.15, -0.1) is 22.7 Å². The van der Waals surface area contributed by atoms with E-state index in [1.807, 2.05) is 18.3 Å². The smallest absolute Gasteiger partial charge is 0.308 e. The molecule has 0 bridgehead atoms. The van der Waals surface area contributed by atoms with Crippen LogP contribution in [0.2, 0.25) is 0 Å². The average Bonchev–Trinajstić information content (AvgIpc) is 2.94. The molecule has 0 fully saturated rings. The maximum Gasteiger partial charge on any atom is 0.308 e. The van der Waals surface area contributed by atoms with Gasteiger partial charge in [-0.2, -0.15) is 0 Å². The maximum atomic E-state index is 10.7. The second kappa shape index (κ2) is 6.54. The van der Waals surface area contributed by atoms with Gasteiger partial charge in [0, 0.05) is 20.4 Å². The molecule has 0 saturated carbocycles. The average molecular weight is 313 g/mol. The lowest BCUT2D eigenvalue weighted by Gasteiger charge is -1.93. The van der Waals surface area contributed by atoms with Gasteiger partial charge in [0.2, 0.25) is 0 Å². The van der Waals surface area contributed by atoms with Crippen LogP contribution in [0.3, 0.4) is 0 Å². The molecule has 2 heterocycles. The molecular formula is C13H15NO2S3. The molecule has 2 rings (SSSR count). The van der Waals surface area contributed by atoms with Crippen LogP contribution < -0.4 is 0 Å². The molecule has 2 aromatic rings. The number of thiophene rings is 1. The summed E-state index contributed by atoms with van der Waals surface area (Å²) in [6, 6.07) is 4.33. The van der Waals surface area contributed by atoms with Crippen LogP contribution in [0, 0.1) is 6.92 Å². The molecule has 0 spiro atoms. The first-order chi connectivity index (χ1) is 9.08. The van der Waals surface area contributed by atoms with Gasteiger partial charge in [-0.3, -0.25) is 4.79 Å². The highest BCUT2D eigenvalue weighted by Crippen LogP contribution is 2.31. The van der Waals surface area contributed by atoms with E-state index in [-0.39, 0.29) is 6.42 Å². The molecule has 0 saturated heterocycles. The Morgan fingerprint density at radius 1 is 1.37 bits per heavy atom. The third-order valence-corrected chi connectivity index (χ3v) is 6.35. The van der Waals surface area contributed by atoms with E-state index in [9.17, 15) is 4.79 Å². The molecule has 0 aliphatic carbocycles. The molecule has 0 radical (unpaired) electrons. The minimum absolute atomic E-state index is 0.0725. The molecule has 102 valence electrons. The Hall–Kier alpha value is -0.850. The van der Waals surface area contributed by atoms with Crippen molar-refractivity contribution in [3.8, 4) is 0 Å². The van der Waals surface area contributed by atoms with E-state index in [0.29, 0.717) is 0 Å². The summed E-state index contributed by atoms with van der Waals surface area (Å²) in [5.74, 6) is 0.110. The quantitative estimate of drug-likeness (QED) is 0.819. The molecule has 0 atom stereocenters. The number of carboxylic acid groups (broad SMARTS) is 1. The van der Waals surface area contributed by atoms with Crippen LogP contribution >= 0.6 is 34.4 Å². The number of thiazole rings is 1. The number of aromatic nitrogens is 1. The fraction of sp³-hybridized carbons (Fsp3) is 0.385. The second-order valence-electron chi connectivity index (χ2n) is 4.07. The van der Waals surface area contributed by atoms with Crippen molar-refractivity contribution in [1.29, 1.82) is 0 Å². The zero-order chi connectivity index (χ0) is 13.8. The summed E-state index contributed by atoms with van der Waals surface area (Å²) in [7, 11) is 0. The molecule has 0 aromatic carbocycles. The molecule has 19 heavy (non-hydrogen) atoms. The molecular weight excluding hydrogens is 298 g/mol. The number of thioether (sulfide) groups is 1. The number of nitrogens with zero attached hydrogens (tertiary/aromatic N) is 1. The molecule has 0 amide bonds. The van der Waals surface area contributed by atoms with Crippen LogP contribution in [0.4, 0.5) is 0 Å². The Kier molecular flexibility index (Phi) is 5.01. The van der Waals surface area contributed by atoms with Gasteiger partial charge >= 0.3 is 5.97 Å². The van der Waals surface area contributed by atoms with Crippen LogP contribution in [-0.2, 0) is 23.4 Å². The normalized spacial score (nSPS) is 10.8. The van der Waals surface area contributed by atoms with Crippen LogP contribution in [0.15, 0.2) is 16.5 Å². The highest BCUT2D eigenvalue weighted by Gasteiger charge is 2.11. The summed E-state index contributed by atoms with van der Waals surface area (Å²) in [5.41, 5.74) is 0.843. The van der Waals surface area contributed by atoms with E-state index in [1.54, 1.807) is 11.8 Å². The third-order valence-electron chi connectivity index (χ3n) is 2.59. The lowest BCUT2D eigenvalue weighted by Crippen LogP contribution is -1.99. The van der Waals surface area contributed by atoms with E-state index in [2.05, 4.69) is 24.0 Å². The molecule has 6 heteroatoms. The summed E-state index contributed by atoms with van der Waals surface area (Å²) in [6.07, 6.45) is 1.15. The summed E-state index contributed by atoms with van der Waals surface area (Å²) < 4.78 is 0.959. The van der Waals surface area contributed by atoms with Crippen molar-refractivity contribution in [3.63, 3.8) is 0 Å². The van der Waals surface area contributed by atoms with Gasteiger partial charge in [-0.1, -0.05) is 18.7 Å². The minimum Gasteiger partial charge on any atom is -0.481 e. The summed E-state index contributed by atoms with van der Waals surface area (Å²) in [4.78, 5) is 18.7. The molecule has 3 nitrogen and oxygen atoms in total. The largest absolute Gasteiger partial charge is 0.481 e. The van der Waals surface area contributed by atoms with E-state index >= 15 is 0 Å². The van der Waals surface area contributed by atoms with E-state index in [1.165, 1.54) is 21.1 Å². The Bertz CT molecular complexity index is 574. The fourth-order valence-electron chi connectivity index (χ4n) is 1.59. The van der Waals surface area contributed by atoms with Crippen LogP contribution in [0.1, 0.15) is 27.2 Å². The van der Waals surface area contributed by atoms with E-state index in [0.717, 1.165) is 27.1 Å². The number of rotatable bonds is 6. The third kappa shape index (κ3) is 4.06. The predicted octanol–water partition coefficient (Wildman–Crippen LogP) is 3.99. The maximum absolute atomic E-state index is 10.7. The number of aryl methyl sites for hydroxylation is 2. The van der Waals surface area contributed by atoms with E-state index < -0.39 is 5.97 Å². The summed E-state index contributed by atoms with van der Waals surface area (Å²) in [5, 5.41) is 8.81. The summed E-state index contributed by atoms with van der Waals surface area (Å²) >= 11 is 5.02. The molecule has 0 unspecified atom stereocenters. The molecule has 0 aliphatic heterocycles. The Morgan fingerprint density at radius 2 is 2.11 bits per heavy atom. The van der Waals surface area contributed by atoms with Gasteiger partial charge in [0.25, 0.3) is 0 Å². The van der Waals surface area contributed by atoms with Crippen molar-refractivity contribution >= 4 is 40.4 Å². The highest BCUT2D eigenvalue weighted by atomic mass is 32.2. The zero-order valence-electron chi connectivity index (χ0n) is 10.8. The van der Waals surface area contributed by atoms with Crippen molar-refractivity contribution in [3.05, 3.63) is 32.5 Å². The topological polar surface area (TPSA) is 50.2 Å². The van der Waals surface area contributed by atoms with Crippen molar-refractivity contribution in [2.24, 2.45) is 0 Å². The van der Waals surface area contributed by atoms with Crippen molar-refractivity contribution < 1.29 is 9.90 Å². The van der Waals surface area contributed by atoms with Crippen molar-refractivity contribution in [2.75, 3.05) is 0 Å². The first-order valence-corrected chi connectivity index (χ1v) is 8.58. The van der Waals surface area contributed by atoms with Crippen molar-refractivity contribution in [1.82, 2.24) is 4.98 Å². The highest BCUT2D eigenvalue weighted by molar-refractivity contribution is 8.00. The lowest BCUT2D eigenvalue weighted by molar-refractivity contribution is -0.136. The zero-order valence-corrected chi connectivity index (χ0v) is 13.3. The predicted molar refractivity (Wildman–Crippen MR) is 81.4 cm³/mol. The van der Waals surface area contributed by atoms with Crippen LogP contribution in [0.25, 0.3) is 0 Å². The Balaban J connectivity index is 1.97. The van der Waals surface area contributed by atoms with Crippen molar-refractivity contribution in [2.45, 2.75) is 36.8 Å². The number of hydrogen-bond donors (Lipinski definition) is 1. The van der Waals surface area contributed by atoms with Crippen LogP contribution in [0.5, 0.6) is 0 Å².